The Morgan fingerprint density at radius 3 is 2.79 bits per heavy atom. The maximum absolute atomic E-state index is 5.00. The lowest BCUT2D eigenvalue weighted by Crippen LogP contribution is -2.31. The summed E-state index contributed by atoms with van der Waals surface area (Å²) >= 11 is 0. The van der Waals surface area contributed by atoms with E-state index in [0.717, 1.165) is 39.2 Å². The topological polar surface area (TPSA) is 24.5 Å². The molecule has 0 fully saturated rings. The van der Waals surface area contributed by atoms with E-state index in [9.17, 15) is 0 Å². The van der Waals surface area contributed by atoms with E-state index in [1.54, 1.807) is 7.11 Å². The third-order valence-corrected chi connectivity index (χ3v) is 2.11. The van der Waals surface area contributed by atoms with E-state index in [0.29, 0.717) is 0 Å². The first-order valence-electron chi connectivity index (χ1n) is 5.30. The van der Waals surface area contributed by atoms with E-state index in [1.165, 1.54) is 6.42 Å². The standard InChI is InChI=1S/C11H24N2O/c1-4-5-6-7-12-8-9-13(2)10-11-14-3/h4,12H,1,5-11H2,2-3H3. The molecular formula is C11H24N2O. The molecule has 84 valence electrons. The summed E-state index contributed by atoms with van der Waals surface area (Å²) in [6.07, 6.45) is 4.25. The van der Waals surface area contributed by atoms with Crippen LogP contribution in [0.15, 0.2) is 12.7 Å². The Morgan fingerprint density at radius 2 is 2.14 bits per heavy atom. The van der Waals surface area contributed by atoms with Crippen molar-refractivity contribution < 1.29 is 4.74 Å². The smallest absolute Gasteiger partial charge is 0.0589 e. The molecule has 0 aromatic rings. The van der Waals surface area contributed by atoms with Crippen LogP contribution < -0.4 is 5.32 Å². The molecule has 14 heavy (non-hydrogen) atoms. The predicted octanol–water partition coefficient (Wildman–Crippen LogP) is 1.12. The van der Waals surface area contributed by atoms with Crippen LogP contribution in [-0.2, 0) is 4.74 Å². The molecular weight excluding hydrogens is 176 g/mol. The van der Waals surface area contributed by atoms with Crippen LogP contribution in [0.1, 0.15) is 12.8 Å². The number of ether oxygens (including phenoxy) is 1. The van der Waals surface area contributed by atoms with Gasteiger partial charge in [0.15, 0.2) is 0 Å². The van der Waals surface area contributed by atoms with E-state index in [-0.39, 0.29) is 0 Å². The predicted molar refractivity (Wildman–Crippen MR) is 61.7 cm³/mol. The van der Waals surface area contributed by atoms with Crippen molar-refractivity contribution in [2.45, 2.75) is 12.8 Å². The maximum Gasteiger partial charge on any atom is 0.0589 e. The first kappa shape index (κ1) is 13.6. The van der Waals surface area contributed by atoms with Gasteiger partial charge in [0.1, 0.15) is 0 Å². The summed E-state index contributed by atoms with van der Waals surface area (Å²) in [5, 5.41) is 3.40. The van der Waals surface area contributed by atoms with Crippen LogP contribution in [0.25, 0.3) is 0 Å². The van der Waals surface area contributed by atoms with Gasteiger partial charge in [-0.25, -0.2) is 0 Å². The molecule has 3 nitrogen and oxygen atoms in total. The number of methoxy groups -OCH3 is 1. The Balaban J connectivity index is 3.06. The van der Waals surface area contributed by atoms with Crippen LogP contribution in [-0.4, -0.2) is 51.8 Å². The normalized spacial score (nSPS) is 10.8. The van der Waals surface area contributed by atoms with Gasteiger partial charge in [0.25, 0.3) is 0 Å². The van der Waals surface area contributed by atoms with Crippen molar-refractivity contribution in [3.63, 3.8) is 0 Å². The highest BCUT2D eigenvalue weighted by Gasteiger charge is 1.95. The zero-order valence-electron chi connectivity index (χ0n) is 9.59. The number of nitrogens with one attached hydrogen (secondary N) is 1. The van der Waals surface area contributed by atoms with Gasteiger partial charge < -0.3 is 15.0 Å². The molecule has 0 unspecified atom stereocenters. The number of hydrogen-bond acceptors (Lipinski definition) is 3. The highest BCUT2D eigenvalue weighted by atomic mass is 16.5. The second-order valence-electron chi connectivity index (χ2n) is 3.48. The summed E-state index contributed by atoms with van der Waals surface area (Å²) in [7, 11) is 3.85. The molecule has 0 aliphatic carbocycles. The minimum Gasteiger partial charge on any atom is -0.383 e. The minimum absolute atomic E-state index is 0.812. The van der Waals surface area contributed by atoms with Crippen molar-refractivity contribution in [3.05, 3.63) is 12.7 Å². The number of rotatable bonds is 10. The number of likely N-dealkylation sites (N-methyl/N-ethyl adjacent to an activating group) is 1. The van der Waals surface area contributed by atoms with Gasteiger partial charge in [-0.2, -0.15) is 0 Å². The highest BCUT2D eigenvalue weighted by Crippen LogP contribution is 1.86. The van der Waals surface area contributed by atoms with Crippen LogP contribution in [0.3, 0.4) is 0 Å². The summed E-state index contributed by atoms with van der Waals surface area (Å²) < 4.78 is 5.00. The van der Waals surface area contributed by atoms with Gasteiger partial charge in [-0.15, -0.1) is 6.58 Å². The van der Waals surface area contributed by atoms with Crippen molar-refractivity contribution in [2.24, 2.45) is 0 Å². The summed E-state index contributed by atoms with van der Waals surface area (Å²) in [6, 6.07) is 0. The van der Waals surface area contributed by atoms with E-state index in [1.807, 2.05) is 6.08 Å². The molecule has 0 heterocycles. The third kappa shape index (κ3) is 9.71. The van der Waals surface area contributed by atoms with Crippen LogP contribution in [0.2, 0.25) is 0 Å². The Labute approximate surface area is 88.1 Å². The van der Waals surface area contributed by atoms with Crippen molar-refractivity contribution in [1.29, 1.82) is 0 Å². The van der Waals surface area contributed by atoms with E-state index < -0.39 is 0 Å². The molecule has 0 aromatic heterocycles. The lowest BCUT2D eigenvalue weighted by molar-refractivity contribution is 0.161. The first-order valence-corrected chi connectivity index (χ1v) is 5.30. The lowest BCUT2D eigenvalue weighted by Gasteiger charge is -2.15. The number of hydrogen-bond donors (Lipinski definition) is 1. The fourth-order valence-electron chi connectivity index (χ4n) is 1.13. The maximum atomic E-state index is 5.00. The summed E-state index contributed by atoms with van der Waals surface area (Å²) in [5.74, 6) is 0. The highest BCUT2D eigenvalue weighted by molar-refractivity contribution is 4.66. The first-order chi connectivity index (χ1) is 6.81. The molecule has 0 radical (unpaired) electrons. The Hall–Kier alpha value is -0.380. The number of allylic oxidation sites excluding steroid dienone is 1. The number of nitrogens with zero attached hydrogens (tertiary/aromatic N) is 1. The monoisotopic (exact) mass is 200 g/mol. The molecule has 0 bridgehead atoms. The largest absolute Gasteiger partial charge is 0.383 e. The average molecular weight is 200 g/mol. The van der Waals surface area contributed by atoms with Gasteiger partial charge in [-0.1, -0.05) is 6.08 Å². The minimum atomic E-state index is 0.812. The molecule has 0 aromatic carbocycles. The van der Waals surface area contributed by atoms with Crippen LogP contribution >= 0.6 is 0 Å². The second-order valence-corrected chi connectivity index (χ2v) is 3.48. The molecule has 0 saturated carbocycles. The fraction of sp³-hybridized carbons (Fsp3) is 0.818. The molecule has 0 rings (SSSR count). The van der Waals surface area contributed by atoms with Gasteiger partial charge >= 0.3 is 0 Å². The van der Waals surface area contributed by atoms with Gasteiger partial charge in [0, 0.05) is 26.7 Å². The summed E-state index contributed by atoms with van der Waals surface area (Å²) in [4.78, 5) is 2.27. The quantitative estimate of drug-likeness (QED) is 0.422. The van der Waals surface area contributed by atoms with Crippen molar-refractivity contribution in [2.75, 3.05) is 46.9 Å². The Bertz CT molecular complexity index is 128. The zero-order valence-corrected chi connectivity index (χ0v) is 9.59. The fourth-order valence-corrected chi connectivity index (χ4v) is 1.13. The van der Waals surface area contributed by atoms with E-state index >= 15 is 0 Å². The van der Waals surface area contributed by atoms with Crippen LogP contribution in [0.4, 0.5) is 0 Å². The van der Waals surface area contributed by atoms with E-state index in [2.05, 4.69) is 23.8 Å². The molecule has 0 saturated heterocycles. The second kappa shape index (κ2) is 10.7. The molecule has 0 aliphatic heterocycles. The zero-order chi connectivity index (χ0) is 10.6. The lowest BCUT2D eigenvalue weighted by atomic mass is 10.3. The molecule has 0 atom stereocenters. The van der Waals surface area contributed by atoms with Gasteiger partial charge in [0.2, 0.25) is 0 Å². The van der Waals surface area contributed by atoms with Crippen LogP contribution in [0, 0.1) is 0 Å². The summed E-state index contributed by atoms with van der Waals surface area (Å²) in [6.45, 7) is 8.73. The molecule has 0 amide bonds. The van der Waals surface area contributed by atoms with Gasteiger partial charge in [0.05, 0.1) is 6.61 Å². The number of unbranched alkanes of at least 4 members (excludes halogenated alkanes) is 1. The molecule has 1 N–H and O–H groups in total. The molecule has 3 heteroatoms. The molecule has 0 aliphatic rings. The van der Waals surface area contributed by atoms with E-state index in [4.69, 9.17) is 4.74 Å². The Kier molecular flexibility index (Phi) is 10.4. The van der Waals surface area contributed by atoms with Gasteiger partial charge in [-0.05, 0) is 26.4 Å². The average Bonchev–Trinajstić information content (AvgIpc) is 2.20. The van der Waals surface area contributed by atoms with Gasteiger partial charge in [-0.3, -0.25) is 0 Å². The van der Waals surface area contributed by atoms with Crippen molar-refractivity contribution in [1.82, 2.24) is 10.2 Å². The SMILES string of the molecule is C=CCCCNCCN(C)CCOC. The summed E-state index contributed by atoms with van der Waals surface area (Å²) in [5.41, 5.74) is 0. The third-order valence-electron chi connectivity index (χ3n) is 2.11. The molecule has 0 spiro atoms. The van der Waals surface area contributed by atoms with Crippen molar-refractivity contribution >= 4 is 0 Å². The van der Waals surface area contributed by atoms with Crippen molar-refractivity contribution in [3.8, 4) is 0 Å². The van der Waals surface area contributed by atoms with Crippen LogP contribution in [0.5, 0.6) is 0 Å². The Morgan fingerprint density at radius 1 is 1.36 bits per heavy atom.